The van der Waals surface area contributed by atoms with E-state index in [4.69, 9.17) is 4.42 Å². The topological polar surface area (TPSA) is 75.4 Å². The molecular formula is C21H21N3O3. The number of nitrogens with one attached hydrogen (secondary N) is 1. The zero-order valence-corrected chi connectivity index (χ0v) is 15.1. The molecule has 0 saturated carbocycles. The van der Waals surface area contributed by atoms with Gasteiger partial charge in [-0.15, -0.1) is 0 Å². The number of amides is 2. The number of nitrogens with zero attached hydrogens (tertiary/aromatic N) is 2. The molecule has 1 aromatic carbocycles. The van der Waals surface area contributed by atoms with Crippen LogP contribution in [-0.4, -0.2) is 34.8 Å². The number of anilines is 1. The third-order valence-electron chi connectivity index (χ3n) is 4.94. The zero-order valence-electron chi connectivity index (χ0n) is 15.1. The number of piperidine rings is 1. The number of rotatable bonds is 3. The molecule has 6 nitrogen and oxygen atoms in total. The molecule has 0 atom stereocenters. The van der Waals surface area contributed by atoms with E-state index in [2.05, 4.69) is 10.3 Å². The molecule has 3 aromatic rings. The molecule has 1 aliphatic rings. The van der Waals surface area contributed by atoms with Gasteiger partial charge in [0.2, 0.25) is 5.91 Å². The monoisotopic (exact) mass is 363 g/mol. The highest BCUT2D eigenvalue weighted by molar-refractivity contribution is 5.95. The molecule has 1 fully saturated rings. The summed E-state index contributed by atoms with van der Waals surface area (Å²) in [5.41, 5.74) is 2.02. The van der Waals surface area contributed by atoms with E-state index in [-0.39, 0.29) is 17.7 Å². The lowest BCUT2D eigenvalue weighted by Crippen LogP contribution is -2.41. The summed E-state index contributed by atoms with van der Waals surface area (Å²) in [6.45, 7) is 3.03. The van der Waals surface area contributed by atoms with E-state index in [0.717, 1.165) is 22.4 Å². The maximum Gasteiger partial charge on any atom is 0.272 e. The predicted molar refractivity (Wildman–Crippen MR) is 102 cm³/mol. The number of furan rings is 1. The van der Waals surface area contributed by atoms with Crippen LogP contribution >= 0.6 is 0 Å². The van der Waals surface area contributed by atoms with Crippen LogP contribution in [-0.2, 0) is 4.79 Å². The molecule has 2 amide bonds. The van der Waals surface area contributed by atoms with Gasteiger partial charge in [-0.3, -0.25) is 14.6 Å². The molecule has 138 valence electrons. The quantitative estimate of drug-likeness (QED) is 0.771. The highest BCUT2D eigenvalue weighted by atomic mass is 16.3. The Morgan fingerprint density at radius 3 is 2.70 bits per heavy atom. The molecule has 2 aromatic heterocycles. The third kappa shape index (κ3) is 3.69. The van der Waals surface area contributed by atoms with Crippen molar-refractivity contribution in [2.45, 2.75) is 19.8 Å². The number of benzene rings is 1. The molecule has 6 heteroatoms. The molecule has 3 heterocycles. The number of aryl methyl sites for hydroxylation is 1. The Labute approximate surface area is 157 Å². The van der Waals surface area contributed by atoms with E-state index in [0.29, 0.717) is 31.6 Å². The van der Waals surface area contributed by atoms with Crippen LogP contribution in [0.4, 0.5) is 5.69 Å². The molecule has 0 spiro atoms. The summed E-state index contributed by atoms with van der Waals surface area (Å²) in [5, 5.41) is 3.97. The normalized spacial score (nSPS) is 15.1. The van der Waals surface area contributed by atoms with Crippen molar-refractivity contribution < 1.29 is 14.0 Å². The Morgan fingerprint density at radius 1 is 1.15 bits per heavy atom. The SMILES string of the molecule is Cc1cc2cc(NC(=O)C3CCN(C(=O)c4ccccn4)CC3)ccc2o1. The molecule has 0 aliphatic carbocycles. The van der Waals surface area contributed by atoms with Crippen molar-refractivity contribution in [2.75, 3.05) is 18.4 Å². The Bertz CT molecular complexity index is 973. The lowest BCUT2D eigenvalue weighted by molar-refractivity contribution is -0.121. The fourth-order valence-corrected chi connectivity index (χ4v) is 3.49. The highest BCUT2D eigenvalue weighted by Crippen LogP contribution is 2.25. The van der Waals surface area contributed by atoms with Crippen molar-refractivity contribution in [2.24, 2.45) is 5.92 Å². The number of carbonyl (C=O) groups is 2. The second-order valence-electron chi connectivity index (χ2n) is 6.88. The van der Waals surface area contributed by atoms with Crippen LogP contribution in [0.5, 0.6) is 0 Å². The van der Waals surface area contributed by atoms with Crippen LogP contribution < -0.4 is 5.32 Å². The standard InChI is InChI=1S/C21H21N3O3/c1-14-12-16-13-17(5-6-19(16)27-14)23-20(25)15-7-10-24(11-8-15)21(26)18-4-2-3-9-22-18/h2-6,9,12-13,15H,7-8,10-11H2,1H3,(H,23,25). The van der Waals surface area contributed by atoms with E-state index in [9.17, 15) is 9.59 Å². The fraction of sp³-hybridized carbons (Fsp3) is 0.286. The van der Waals surface area contributed by atoms with E-state index in [1.54, 1.807) is 29.3 Å². The minimum absolute atomic E-state index is 0.000461. The van der Waals surface area contributed by atoms with Crippen molar-refractivity contribution in [3.8, 4) is 0 Å². The lowest BCUT2D eigenvalue weighted by Gasteiger charge is -2.31. The number of pyridine rings is 1. The fourth-order valence-electron chi connectivity index (χ4n) is 3.49. The first-order valence-corrected chi connectivity index (χ1v) is 9.11. The molecular weight excluding hydrogens is 342 g/mol. The Kier molecular flexibility index (Phi) is 4.62. The van der Waals surface area contributed by atoms with Gasteiger partial charge in [0.15, 0.2) is 0 Å². The largest absolute Gasteiger partial charge is 0.461 e. The number of hydrogen-bond acceptors (Lipinski definition) is 4. The summed E-state index contributed by atoms with van der Waals surface area (Å²) in [7, 11) is 0. The first-order chi connectivity index (χ1) is 13.1. The molecule has 1 aliphatic heterocycles. The number of likely N-dealkylation sites (tertiary alicyclic amines) is 1. The van der Waals surface area contributed by atoms with Crippen LogP contribution in [0.2, 0.25) is 0 Å². The minimum atomic E-state index is -0.0976. The van der Waals surface area contributed by atoms with Gasteiger partial charge in [-0.05, 0) is 56.2 Å². The first-order valence-electron chi connectivity index (χ1n) is 9.11. The summed E-state index contributed by atoms with van der Waals surface area (Å²) >= 11 is 0. The van der Waals surface area contributed by atoms with Crippen LogP contribution in [0.3, 0.4) is 0 Å². The molecule has 4 rings (SSSR count). The van der Waals surface area contributed by atoms with Gasteiger partial charge in [0, 0.05) is 36.3 Å². The maximum absolute atomic E-state index is 12.6. The van der Waals surface area contributed by atoms with Crippen LogP contribution in [0.25, 0.3) is 11.0 Å². The number of hydrogen-bond donors (Lipinski definition) is 1. The van der Waals surface area contributed by atoms with Gasteiger partial charge >= 0.3 is 0 Å². The summed E-state index contributed by atoms with van der Waals surface area (Å²) in [5.74, 6) is 0.674. The summed E-state index contributed by atoms with van der Waals surface area (Å²) in [6.07, 6.45) is 2.92. The van der Waals surface area contributed by atoms with Gasteiger partial charge in [0.25, 0.3) is 5.91 Å². The molecule has 0 unspecified atom stereocenters. The van der Waals surface area contributed by atoms with Crippen molar-refractivity contribution in [1.29, 1.82) is 0 Å². The second kappa shape index (κ2) is 7.23. The highest BCUT2D eigenvalue weighted by Gasteiger charge is 2.28. The predicted octanol–water partition coefficient (Wildman–Crippen LogP) is 3.63. The number of aromatic nitrogens is 1. The van der Waals surface area contributed by atoms with Crippen molar-refractivity contribution in [1.82, 2.24) is 9.88 Å². The minimum Gasteiger partial charge on any atom is -0.461 e. The summed E-state index contributed by atoms with van der Waals surface area (Å²) in [6, 6.07) is 12.9. The zero-order chi connectivity index (χ0) is 18.8. The lowest BCUT2D eigenvalue weighted by atomic mass is 9.95. The first kappa shape index (κ1) is 17.3. The molecule has 1 N–H and O–H groups in total. The Hall–Kier alpha value is -3.15. The van der Waals surface area contributed by atoms with E-state index < -0.39 is 0 Å². The molecule has 0 radical (unpaired) electrons. The van der Waals surface area contributed by atoms with Gasteiger partial charge in [-0.2, -0.15) is 0 Å². The van der Waals surface area contributed by atoms with Crippen molar-refractivity contribution >= 4 is 28.5 Å². The van der Waals surface area contributed by atoms with Gasteiger partial charge < -0.3 is 14.6 Å². The van der Waals surface area contributed by atoms with Gasteiger partial charge in [0.05, 0.1) is 0 Å². The number of carbonyl (C=O) groups excluding carboxylic acids is 2. The number of fused-ring (bicyclic) bond motifs is 1. The average Bonchev–Trinajstić information content (AvgIpc) is 3.07. The van der Waals surface area contributed by atoms with E-state index in [1.165, 1.54) is 0 Å². The van der Waals surface area contributed by atoms with Gasteiger partial charge in [-0.1, -0.05) is 6.07 Å². The summed E-state index contributed by atoms with van der Waals surface area (Å²) in [4.78, 5) is 30.9. The van der Waals surface area contributed by atoms with Crippen LogP contribution in [0, 0.1) is 12.8 Å². The maximum atomic E-state index is 12.6. The average molecular weight is 363 g/mol. The third-order valence-corrected chi connectivity index (χ3v) is 4.94. The Morgan fingerprint density at radius 2 is 1.96 bits per heavy atom. The molecule has 0 bridgehead atoms. The smallest absolute Gasteiger partial charge is 0.272 e. The molecule has 1 saturated heterocycles. The second-order valence-corrected chi connectivity index (χ2v) is 6.88. The Balaban J connectivity index is 1.36. The van der Waals surface area contributed by atoms with Gasteiger partial charge in [0.1, 0.15) is 17.0 Å². The van der Waals surface area contributed by atoms with Gasteiger partial charge in [-0.25, -0.2) is 0 Å². The van der Waals surface area contributed by atoms with Crippen LogP contribution in [0.15, 0.2) is 53.1 Å². The van der Waals surface area contributed by atoms with Crippen molar-refractivity contribution in [3.05, 3.63) is 60.1 Å². The van der Waals surface area contributed by atoms with Crippen LogP contribution in [0.1, 0.15) is 29.1 Å². The summed E-state index contributed by atoms with van der Waals surface area (Å²) < 4.78 is 5.56. The van der Waals surface area contributed by atoms with E-state index in [1.807, 2.05) is 31.2 Å². The van der Waals surface area contributed by atoms with E-state index >= 15 is 0 Å². The molecule has 27 heavy (non-hydrogen) atoms. The van der Waals surface area contributed by atoms with Crippen molar-refractivity contribution in [3.63, 3.8) is 0 Å².